The summed E-state index contributed by atoms with van der Waals surface area (Å²) in [7, 11) is 1.71. The Labute approximate surface area is 91.9 Å². The van der Waals surface area contributed by atoms with Crippen LogP contribution in [0.3, 0.4) is 0 Å². The number of hydrogen-bond donors (Lipinski definition) is 2. The molecule has 0 fully saturated rings. The number of hydrogen-bond acceptors (Lipinski definition) is 4. The summed E-state index contributed by atoms with van der Waals surface area (Å²) in [5.41, 5.74) is 1.26. The second kappa shape index (κ2) is 3.76. The number of aryl methyl sites for hydroxylation is 3. The zero-order chi connectivity index (χ0) is 11.7. The largest absolute Gasteiger partial charge is 0.288 e. The van der Waals surface area contributed by atoms with E-state index in [4.69, 9.17) is 0 Å². The van der Waals surface area contributed by atoms with E-state index in [0.29, 0.717) is 11.5 Å². The predicted octanol–water partition coefficient (Wildman–Crippen LogP) is 0.407. The number of H-pyrrole nitrogens is 1. The highest BCUT2D eigenvalue weighted by Crippen LogP contribution is 2.05. The van der Waals surface area contributed by atoms with Crippen molar-refractivity contribution in [2.75, 3.05) is 5.32 Å². The monoisotopic (exact) mass is 220 g/mol. The molecule has 0 spiro atoms. The quantitative estimate of drug-likeness (QED) is 0.767. The summed E-state index contributed by atoms with van der Waals surface area (Å²) in [4.78, 5) is 15.8. The fourth-order valence-corrected chi connectivity index (χ4v) is 1.39. The third-order valence-corrected chi connectivity index (χ3v) is 2.06. The van der Waals surface area contributed by atoms with Crippen LogP contribution in [0.15, 0.2) is 6.07 Å². The second-order valence-electron chi connectivity index (χ2n) is 3.49. The molecule has 84 valence electrons. The number of rotatable bonds is 2. The Bertz CT molecular complexity index is 526. The Morgan fingerprint density at radius 3 is 2.75 bits per heavy atom. The molecule has 2 aromatic heterocycles. The molecule has 0 unspecified atom stereocenters. The maximum atomic E-state index is 11.8. The van der Waals surface area contributed by atoms with Crippen molar-refractivity contribution < 1.29 is 4.79 Å². The molecule has 16 heavy (non-hydrogen) atoms. The fraction of sp³-hybridized carbons (Fsp3) is 0.333. The van der Waals surface area contributed by atoms with Crippen molar-refractivity contribution >= 4 is 11.9 Å². The zero-order valence-corrected chi connectivity index (χ0v) is 9.27. The number of aromatic amines is 1. The highest BCUT2D eigenvalue weighted by atomic mass is 16.2. The zero-order valence-electron chi connectivity index (χ0n) is 9.27. The van der Waals surface area contributed by atoms with Gasteiger partial charge in [-0.3, -0.25) is 19.9 Å². The molecule has 7 heteroatoms. The summed E-state index contributed by atoms with van der Waals surface area (Å²) >= 11 is 0. The third-order valence-electron chi connectivity index (χ3n) is 2.06. The van der Waals surface area contributed by atoms with E-state index in [-0.39, 0.29) is 11.9 Å². The molecular formula is C9H12N6O. The first kappa shape index (κ1) is 10.3. The van der Waals surface area contributed by atoms with Crippen molar-refractivity contribution in [3.8, 4) is 0 Å². The summed E-state index contributed by atoms with van der Waals surface area (Å²) in [6, 6.07) is 1.70. The Kier molecular flexibility index (Phi) is 2.43. The van der Waals surface area contributed by atoms with Crippen molar-refractivity contribution in [3.05, 3.63) is 23.3 Å². The van der Waals surface area contributed by atoms with E-state index < -0.39 is 0 Å². The molecule has 0 saturated carbocycles. The number of anilines is 1. The molecule has 2 aromatic rings. The van der Waals surface area contributed by atoms with E-state index in [9.17, 15) is 4.79 Å². The molecule has 0 bridgehead atoms. The van der Waals surface area contributed by atoms with Gasteiger partial charge in [-0.15, -0.1) is 5.10 Å². The average Bonchev–Trinajstić information content (AvgIpc) is 2.73. The molecule has 0 aliphatic carbocycles. The van der Waals surface area contributed by atoms with Gasteiger partial charge in [0.15, 0.2) is 0 Å². The highest BCUT2D eigenvalue weighted by molar-refractivity contribution is 6.02. The lowest BCUT2D eigenvalue weighted by Crippen LogP contribution is -2.16. The Morgan fingerprint density at radius 2 is 2.25 bits per heavy atom. The molecule has 2 rings (SSSR count). The molecule has 0 saturated heterocycles. The Balaban J connectivity index is 2.17. The number of nitrogens with one attached hydrogen (secondary N) is 2. The molecule has 2 N–H and O–H groups in total. The molecule has 0 atom stereocenters. The molecule has 0 radical (unpaired) electrons. The van der Waals surface area contributed by atoms with Gasteiger partial charge in [0.25, 0.3) is 5.91 Å². The number of nitrogens with zero attached hydrogens (tertiary/aromatic N) is 4. The molecule has 0 aromatic carbocycles. The highest BCUT2D eigenvalue weighted by Gasteiger charge is 2.13. The average molecular weight is 220 g/mol. The van der Waals surface area contributed by atoms with E-state index in [1.54, 1.807) is 20.0 Å². The fourth-order valence-electron chi connectivity index (χ4n) is 1.39. The van der Waals surface area contributed by atoms with Gasteiger partial charge in [-0.1, -0.05) is 0 Å². The molecule has 2 heterocycles. The van der Waals surface area contributed by atoms with Crippen LogP contribution in [0.4, 0.5) is 5.95 Å². The van der Waals surface area contributed by atoms with Gasteiger partial charge in [0.1, 0.15) is 11.5 Å². The van der Waals surface area contributed by atoms with E-state index >= 15 is 0 Å². The standard InChI is InChI=1S/C9H12N6O/c1-5-4-7(15(3)14-5)8(16)11-9-10-6(2)12-13-9/h4H,1-3H3,(H2,10,11,12,13,16). The molecule has 1 amide bonds. The van der Waals surface area contributed by atoms with Crippen LogP contribution in [0, 0.1) is 13.8 Å². The lowest BCUT2D eigenvalue weighted by molar-refractivity contribution is 0.101. The minimum Gasteiger partial charge on any atom is -0.288 e. The van der Waals surface area contributed by atoms with Crippen molar-refractivity contribution in [2.45, 2.75) is 13.8 Å². The summed E-state index contributed by atoms with van der Waals surface area (Å²) < 4.78 is 1.52. The molecule has 0 aliphatic rings. The Morgan fingerprint density at radius 1 is 1.50 bits per heavy atom. The topological polar surface area (TPSA) is 88.5 Å². The van der Waals surface area contributed by atoms with Crippen molar-refractivity contribution in [3.63, 3.8) is 0 Å². The minimum atomic E-state index is -0.276. The predicted molar refractivity (Wildman–Crippen MR) is 57.0 cm³/mol. The Hall–Kier alpha value is -2.18. The smallest absolute Gasteiger partial charge is 0.276 e. The second-order valence-corrected chi connectivity index (χ2v) is 3.49. The number of carbonyl (C=O) groups is 1. The van der Waals surface area contributed by atoms with Gasteiger partial charge in [-0.05, 0) is 19.9 Å². The third kappa shape index (κ3) is 1.92. The first-order valence-corrected chi connectivity index (χ1v) is 4.77. The molecule has 7 nitrogen and oxygen atoms in total. The van der Waals surface area contributed by atoms with Gasteiger partial charge in [-0.25, -0.2) is 0 Å². The summed E-state index contributed by atoms with van der Waals surface area (Å²) in [5, 5.41) is 13.1. The SMILES string of the molecule is Cc1cc(C(=O)Nc2n[nH]c(C)n2)n(C)n1. The number of amides is 1. The van der Waals surface area contributed by atoms with Crippen LogP contribution in [0.25, 0.3) is 0 Å². The van der Waals surface area contributed by atoms with Crippen LogP contribution in [0.2, 0.25) is 0 Å². The minimum absolute atomic E-state index is 0.265. The van der Waals surface area contributed by atoms with Gasteiger partial charge >= 0.3 is 0 Å². The van der Waals surface area contributed by atoms with Crippen LogP contribution in [0.1, 0.15) is 22.0 Å². The first-order valence-electron chi connectivity index (χ1n) is 4.77. The summed E-state index contributed by atoms with van der Waals surface area (Å²) in [6.07, 6.45) is 0. The molecular weight excluding hydrogens is 208 g/mol. The van der Waals surface area contributed by atoms with E-state index in [2.05, 4.69) is 25.6 Å². The maximum Gasteiger partial charge on any atom is 0.276 e. The van der Waals surface area contributed by atoms with Gasteiger partial charge in [0.05, 0.1) is 5.69 Å². The molecule has 0 aliphatic heterocycles. The van der Waals surface area contributed by atoms with Gasteiger partial charge in [0.2, 0.25) is 5.95 Å². The van der Waals surface area contributed by atoms with Crippen LogP contribution < -0.4 is 5.32 Å². The summed E-state index contributed by atoms with van der Waals surface area (Å²) in [5.74, 6) is 0.639. The van der Waals surface area contributed by atoms with Crippen LogP contribution >= 0.6 is 0 Å². The van der Waals surface area contributed by atoms with Gasteiger partial charge < -0.3 is 0 Å². The van der Waals surface area contributed by atoms with E-state index in [1.165, 1.54) is 4.68 Å². The van der Waals surface area contributed by atoms with E-state index in [0.717, 1.165) is 5.69 Å². The first-order chi connectivity index (χ1) is 7.56. The normalized spacial score (nSPS) is 10.4. The van der Waals surface area contributed by atoms with Crippen LogP contribution in [0.5, 0.6) is 0 Å². The lowest BCUT2D eigenvalue weighted by Gasteiger charge is -2.00. The number of aromatic nitrogens is 5. The van der Waals surface area contributed by atoms with Gasteiger partial charge in [-0.2, -0.15) is 10.1 Å². The van der Waals surface area contributed by atoms with Crippen molar-refractivity contribution in [1.29, 1.82) is 0 Å². The lowest BCUT2D eigenvalue weighted by atomic mass is 10.3. The summed E-state index contributed by atoms with van der Waals surface area (Å²) in [6.45, 7) is 3.59. The van der Waals surface area contributed by atoms with Crippen molar-refractivity contribution in [1.82, 2.24) is 25.0 Å². The van der Waals surface area contributed by atoms with Gasteiger partial charge in [0, 0.05) is 7.05 Å². The maximum absolute atomic E-state index is 11.8. The van der Waals surface area contributed by atoms with Crippen LogP contribution in [-0.2, 0) is 7.05 Å². The van der Waals surface area contributed by atoms with Crippen molar-refractivity contribution in [2.24, 2.45) is 7.05 Å². The van der Waals surface area contributed by atoms with E-state index in [1.807, 2.05) is 6.92 Å². The number of carbonyl (C=O) groups excluding carboxylic acids is 1. The van der Waals surface area contributed by atoms with Crippen LogP contribution in [-0.4, -0.2) is 30.9 Å².